The summed E-state index contributed by atoms with van der Waals surface area (Å²) in [7, 11) is -4.02. The minimum Gasteiger partial charge on any atom is -0.350 e. The maximum Gasteiger partial charge on any atom is 0.417 e. The Morgan fingerprint density at radius 2 is 1.85 bits per heavy atom. The van der Waals surface area contributed by atoms with Crippen molar-refractivity contribution in [3.05, 3.63) is 58.9 Å². The van der Waals surface area contributed by atoms with Crippen molar-refractivity contribution >= 4 is 33.2 Å². The molecular weight excluding hydrogens is 407 g/mol. The Morgan fingerprint density at radius 3 is 2.41 bits per heavy atom. The van der Waals surface area contributed by atoms with E-state index in [2.05, 4.69) is 10.3 Å². The fraction of sp³-hybridized carbons (Fsp3) is 0.250. The number of alkyl halides is 3. The molecule has 0 atom stereocenters. The average molecular weight is 422 g/mol. The van der Waals surface area contributed by atoms with Crippen molar-refractivity contribution in [3.8, 4) is 0 Å². The lowest BCUT2D eigenvalue weighted by Crippen LogP contribution is -2.40. The average Bonchev–Trinajstić information content (AvgIpc) is 2.57. The quantitative estimate of drug-likeness (QED) is 0.777. The third-order valence-electron chi connectivity index (χ3n) is 3.47. The van der Waals surface area contributed by atoms with Gasteiger partial charge in [0.1, 0.15) is 6.54 Å². The van der Waals surface area contributed by atoms with Crippen molar-refractivity contribution in [2.45, 2.75) is 12.7 Å². The Labute approximate surface area is 159 Å². The number of amides is 1. The summed E-state index contributed by atoms with van der Waals surface area (Å²) in [5, 5.41) is 1.94. The van der Waals surface area contributed by atoms with Gasteiger partial charge in [-0.1, -0.05) is 11.6 Å². The van der Waals surface area contributed by atoms with Gasteiger partial charge in [-0.25, -0.2) is 8.42 Å². The molecule has 0 aliphatic heterocycles. The molecule has 2 aromatic rings. The van der Waals surface area contributed by atoms with Crippen LogP contribution < -0.4 is 9.62 Å². The Kier molecular flexibility index (Phi) is 6.32. The van der Waals surface area contributed by atoms with E-state index in [-0.39, 0.29) is 12.2 Å². The molecule has 2 rings (SSSR count). The van der Waals surface area contributed by atoms with Crippen LogP contribution in [0.2, 0.25) is 5.02 Å². The lowest BCUT2D eigenvalue weighted by molar-refractivity contribution is -0.137. The van der Waals surface area contributed by atoms with Gasteiger partial charge >= 0.3 is 6.18 Å². The molecule has 0 saturated carbocycles. The number of benzene rings is 1. The standard InChI is InChI=1S/C16H15ClF3N3O3S/c1-27(25,26)23(10-15(24)22-9-11-4-6-21-7-5-11)12-2-3-14(17)13(8-12)16(18,19)20/h2-8H,9-10H2,1H3,(H,22,24). The molecule has 1 heterocycles. The van der Waals surface area contributed by atoms with E-state index in [0.717, 1.165) is 24.0 Å². The van der Waals surface area contributed by atoms with Crippen LogP contribution in [0, 0.1) is 0 Å². The number of hydrogen-bond donors (Lipinski definition) is 1. The summed E-state index contributed by atoms with van der Waals surface area (Å²) in [6.07, 6.45) is -0.918. The van der Waals surface area contributed by atoms with Crippen LogP contribution in [0.5, 0.6) is 0 Å². The number of pyridine rings is 1. The summed E-state index contributed by atoms with van der Waals surface area (Å²) in [5.74, 6) is -0.680. The largest absolute Gasteiger partial charge is 0.417 e. The van der Waals surface area contributed by atoms with Crippen LogP contribution >= 0.6 is 11.6 Å². The number of aromatic nitrogens is 1. The molecule has 146 valence electrons. The Bertz CT molecular complexity index is 921. The smallest absolute Gasteiger partial charge is 0.350 e. The number of nitrogens with one attached hydrogen (secondary N) is 1. The van der Waals surface area contributed by atoms with Gasteiger partial charge in [-0.05, 0) is 35.9 Å². The molecule has 0 aliphatic rings. The number of halogens is 4. The van der Waals surface area contributed by atoms with Crippen LogP contribution in [0.25, 0.3) is 0 Å². The minimum absolute atomic E-state index is 0.118. The molecule has 0 bridgehead atoms. The SMILES string of the molecule is CS(=O)(=O)N(CC(=O)NCc1ccncc1)c1ccc(Cl)c(C(F)(F)F)c1. The van der Waals surface area contributed by atoms with E-state index in [9.17, 15) is 26.4 Å². The summed E-state index contributed by atoms with van der Waals surface area (Å²) >= 11 is 5.55. The lowest BCUT2D eigenvalue weighted by Gasteiger charge is -2.23. The van der Waals surface area contributed by atoms with Gasteiger partial charge in [-0.3, -0.25) is 14.1 Å². The number of carbonyl (C=O) groups is 1. The van der Waals surface area contributed by atoms with Crippen molar-refractivity contribution in [2.24, 2.45) is 0 Å². The van der Waals surface area contributed by atoms with Crippen LogP contribution in [-0.4, -0.2) is 32.1 Å². The summed E-state index contributed by atoms with van der Waals surface area (Å²) in [6, 6.07) is 5.95. The number of sulfonamides is 1. The lowest BCUT2D eigenvalue weighted by atomic mass is 10.2. The van der Waals surface area contributed by atoms with Gasteiger partial charge in [0.05, 0.1) is 22.5 Å². The number of rotatable bonds is 6. The van der Waals surface area contributed by atoms with Crippen LogP contribution in [0.15, 0.2) is 42.7 Å². The third kappa shape index (κ3) is 5.83. The van der Waals surface area contributed by atoms with Crippen LogP contribution in [0.1, 0.15) is 11.1 Å². The highest BCUT2D eigenvalue weighted by molar-refractivity contribution is 7.92. The maximum absolute atomic E-state index is 13.0. The molecule has 0 aliphatic carbocycles. The van der Waals surface area contributed by atoms with Gasteiger partial charge in [-0.2, -0.15) is 13.2 Å². The molecular formula is C16H15ClF3N3O3S. The second kappa shape index (κ2) is 8.13. The van der Waals surface area contributed by atoms with E-state index in [4.69, 9.17) is 11.6 Å². The van der Waals surface area contributed by atoms with Crippen molar-refractivity contribution in [2.75, 3.05) is 17.1 Å². The first-order valence-corrected chi connectivity index (χ1v) is 9.71. The molecule has 1 N–H and O–H groups in total. The highest BCUT2D eigenvalue weighted by Gasteiger charge is 2.34. The fourth-order valence-corrected chi connectivity index (χ4v) is 3.25. The van der Waals surface area contributed by atoms with E-state index >= 15 is 0 Å². The van der Waals surface area contributed by atoms with Crippen molar-refractivity contribution < 1.29 is 26.4 Å². The van der Waals surface area contributed by atoms with Gasteiger partial charge in [0, 0.05) is 18.9 Å². The zero-order valence-corrected chi connectivity index (χ0v) is 15.6. The molecule has 11 heteroatoms. The van der Waals surface area contributed by atoms with Crippen LogP contribution in [0.4, 0.5) is 18.9 Å². The normalized spacial score (nSPS) is 11.9. The topological polar surface area (TPSA) is 79.4 Å². The first-order chi connectivity index (χ1) is 12.5. The second-order valence-electron chi connectivity index (χ2n) is 5.56. The predicted molar refractivity (Wildman–Crippen MR) is 94.7 cm³/mol. The number of anilines is 1. The van der Waals surface area contributed by atoms with Crippen LogP contribution in [-0.2, 0) is 27.5 Å². The van der Waals surface area contributed by atoms with Crippen molar-refractivity contribution in [1.82, 2.24) is 10.3 Å². The highest BCUT2D eigenvalue weighted by Crippen LogP contribution is 2.37. The van der Waals surface area contributed by atoms with E-state index < -0.39 is 39.2 Å². The number of nitrogens with zero attached hydrogens (tertiary/aromatic N) is 2. The molecule has 6 nitrogen and oxygen atoms in total. The van der Waals surface area contributed by atoms with Crippen molar-refractivity contribution in [1.29, 1.82) is 0 Å². The summed E-state index contributed by atoms with van der Waals surface area (Å²) < 4.78 is 63.7. The van der Waals surface area contributed by atoms with E-state index in [1.807, 2.05) is 0 Å². The van der Waals surface area contributed by atoms with Gasteiger partial charge in [-0.15, -0.1) is 0 Å². The molecule has 1 amide bonds. The molecule has 0 saturated heterocycles. The molecule has 1 aromatic heterocycles. The fourth-order valence-electron chi connectivity index (χ4n) is 2.17. The molecule has 0 radical (unpaired) electrons. The second-order valence-corrected chi connectivity index (χ2v) is 7.88. The molecule has 27 heavy (non-hydrogen) atoms. The van der Waals surface area contributed by atoms with Gasteiger partial charge in [0.2, 0.25) is 15.9 Å². The summed E-state index contributed by atoms with van der Waals surface area (Å²) in [6.45, 7) is -0.559. The van der Waals surface area contributed by atoms with Gasteiger partial charge in [0.15, 0.2) is 0 Å². The summed E-state index contributed by atoms with van der Waals surface area (Å²) in [5.41, 5.74) is -0.768. The number of hydrogen-bond acceptors (Lipinski definition) is 4. The first kappa shape index (κ1) is 21.0. The molecule has 1 aromatic carbocycles. The molecule has 0 unspecified atom stereocenters. The van der Waals surface area contributed by atoms with Crippen molar-refractivity contribution in [3.63, 3.8) is 0 Å². The first-order valence-electron chi connectivity index (χ1n) is 7.48. The molecule has 0 fully saturated rings. The Hall–Kier alpha value is -2.33. The van der Waals surface area contributed by atoms with Crippen LogP contribution in [0.3, 0.4) is 0 Å². The third-order valence-corrected chi connectivity index (χ3v) is 4.94. The monoisotopic (exact) mass is 421 g/mol. The van der Waals surface area contributed by atoms with E-state index in [1.54, 1.807) is 12.1 Å². The maximum atomic E-state index is 13.0. The van der Waals surface area contributed by atoms with E-state index in [0.29, 0.717) is 10.4 Å². The number of carbonyl (C=O) groups excluding carboxylic acids is 1. The zero-order valence-electron chi connectivity index (χ0n) is 14.0. The predicted octanol–water partition coefficient (Wildman–Crippen LogP) is 2.84. The zero-order chi connectivity index (χ0) is 20.2. The molecule has 0 spiro atoms. The Balaban J connectivity index is 2.23. The summed E-state index contributed by atoms with van der Waals surface area (Å²) in [4.78, 5) is 15.9. The highest BCUT2D eigenvalue weighted by atomic mass is 35.5. The Morgan fingerprint density at radius 1 is 1.22 bits per heavy atom. The van der Waals surface area contributed by atoms with E-state index in [1.165, 1.54) is 12.4 Å². The van der Waals surface area contributed by atoms with Gasteiger partial charge < -0.3 is 5.32 Å². The van der Waals surface area contributed by atoms with Gasteiger partial charge in [0.25, 0.3) is 0 Å². The minimum atomic E-state index is -4.76.